The van der Waals surface area contributed by atoms with E-state index in [1.165, 1.54) is 50.6 Å². The van der Waals surface area contributed by atoms with E-state index in [-0.39, 0.29) is 28.3 Å². The maximum Gasteiger partial charge on any atom is 0.343 e. The van der Waals surface area contributed by atoms with E-state index in [1.807, 2.05) is 0 Å². The number of esters is 1. The number of non-ortho nitro benzene ring substituents is 1. The standard InChI is InChI=1S/C24H19NO7/c1-30-22-14-8-16(15-23(22)31-2)7-13-20(26)19-5-3-4-6-21(19)32-24(27)17-9-11-18(12-10-17)25(28)29/h3-15H,1-2H3/b13-7+. The van der Waals surface area contributed by atoms with Crippen LogP contribution in [-0.2, 0) is 0 Å². The molecule has 0 aliphatic rings. The second-order valence-corrected chi connectivity index (χ2v) is 6.50. The molecule has 0 atom stereocenters. The summed E-state index contributed by atoms with van der Waals surface area (Å²) in [5, 5.41) is 10.8. The van der Waals surface area contributed by atoms with Crippen LogP contribution < -0.4 is 14.2 Å². The highest BCUT2D eigenvalue weighted by atomic mass is 16.6. The lowest BCUT2D eigenvalue weighted by Crippen LogP contribution is -2.11. The first-order chi connectivity index (χ1) is 15.4. The number of allylic oxidation sites excluding steroid dienone is 1. The van der Waals surface area contributed by atoms with Gasteiger partial charge in [0.25, 0.3) is 5.69 Å². The van der Waals surface area contributed by atoms with Crippen molar-refractivity contribution in [2.45, 2.75) is 0 Å². The van der Waals surface area contributed by atoms with Gasteiger partial charge in [0.15, 0.2) is 17.3 Å². The van der Waals surface area contributed by atoms with Crippen LogP contribution in [0.1, 0.15) is 26.3 Å². The molecule has 162 valence electrons. The highest BCUT2D eigenvalue weighted by Gasteiger charge is 2.16. The minimum absolute atomic E-state index is 0.0813. The van der Waals surface area contributed by atoms with Gasteiger partial charge in [0.1, 0.15) is 5.75 Å². The molecular formula is C24H19NO7. The largest absolute Gasteiger partial charge is 0.493 e. The summed E-state index contributed by atoms with van der Waals surface area (Å²) in [5.41, 5.74) is 0.895. The first kappa shape index (κ1) is 22.2. The van der Waals surface area contributed by atoms with E-state index in [9.17, 15) is 19.7 Å². The van der Waals surface area contributed by atoms with E-state index in [4.69, 9.17) is 14.2 Å². The van der Waals surface area contributed by atoms with Crippen molar-refractivity contribution in [1.82, 2.24) is 0 Å². The van der Waals surface area contributed by atoms with Crippen molar-refractivity contribution in [3.8, 4) is 17.2 Å². The predicted molar refractivity (Wildman–Crippen MR) is 117 cm³/mol. The summed E-state index contributed by atoms with van der Waals surface area (Å²) in [6, 6.07) is 16.6. The van der Waals surface area contributed by atoms with Crippen LogP contribution in [0, 0.1) is 10.1 Å². The third-order valence-corrected chi connectivity index (χ3v) is 4.50. The maximum absolute atomic E-state index is 12.7. The number of carbonyl (C=O) groups excluding carboxylic acids is 2. The number of hydrogen-bond donors (Lipinski definition) is 0. The lowest BCUT2D eigenvalue weighted by Gasteiger charge is -2.09. The van der Waals surface area contributed by atoms with Crippen LogP contribution in [0.15, 0.2) is 72.8 Å². The fourth-order valence-corrected chi connectivity index (χ4v) is 2.86. The summed E-state index contributed by atoms with van der Waals surface area (Å²) >= 11 is 0. The first-order valence-electron chi connectivity index (χ1n) is 9.43. The number of ether oxygens (including phenoxy) is 3. The van der Waals surface area contributed by atoms with Gasteiger partial charge in [0.05, 0.1) is 30.3 Å². The van der Waals surface area contributed by atoms with E-state index >= 15 is 0 Å². The summed E-state index contributed by atoms with van der Waals surface area (Å²) in [6.45, 7) is 0. The molecule has 0 unspecified atom stereocenters. The molecule has 0 bridgehead atoms. The Hall–Kier alpha value is -4.46. The zero-order chi connectivity index (χ0) is 23.1. The van der Waals surface area contributed by atoms with Crippen molar-refractivity contribution in [2.75, 3.05) is 14.2 Å². The number of nitrogens with zero attached hydrogens (tertiary/aromatic N) is 1. The minimum Gasteiger partial charge on any atom is -0.493 e. The Morgan fingerprint density at radius 3 is 2.22 bits per heavy atom. The van der Waals surface area contributed by atoms with Gasteiger partial charge in [-0.15, -0.1) is 0 Å². The molecule has 8 heteroatoms. The Labute approximate surface area is 183 Å². The average molecular weight is 433 g/mol. The molecule has 0 fully saturated rings. The molecule has 0 spiro atoms. The van der Waals surface area contributed by atoms with Gasteiger partial charge >= 0.3 is 5.97 Å². The maximum atomic E-state index is 12.7. The molecule has 3 aromatic carbocycles. The van der Waals surface area contributed by atoms with Gasteiger partial charge in [0, 0.05) is 12.1 Å². The minimum atomic E-state index is -0.732. The number of methoxy groups -OCH3 is 2. The topological polar surface area (TPSA) is 105 Å². The fraction of sp³-hybridized carbons (Fsp3) is 0.0833. The molecule has 0 N–H and O–H groups in total. The lowest BCUT2D eigenvalue weighted by molar-refractivity contribution is -0.384. The molecule has 32 heavy (non-hydrogen) atoms. The summed E-state index contributed by atoms with van der Waals surface area (Å²) in [4.78, 5) is 35.4. The van der Waals surface area contributed by atoms with Crippen LogP contribution in [0.5, 0.6) is 17.2 Å². The van der Waals surface area contributed by atoms with Crippen LogP contribution in [0.4, 0.5) is 5.69 Å². The average Bonchev–Trinajstić information content (AvgIpc) is 2.82. The van der Waals surface area contributed by atoms with Gasteiger partial charge in [-0.3, -0.25) is 14.9 Å². The van der Waals surface area contributed by atoms with Crippen molar-refractivity contribution in [1.29, 1.82) is 0 Å². The molecule has 0 radical (unpaired) electrons. The monoisotopic (exact) mass is 433 g/mol. The van der Waals surface area contributed by atoms with E-state index < -0.39 is 10.9 Å². The van der Waals surface area contributed by atoms with E-state index in [0.29, 0.717) is 11.5 Å². The number of para-hydroxylation sites is 1. The third kappa shape index (κ3) is 5.17. The van der Waals surface area contributed by atoms with Gasteiger partial charge in [-0.2, -0.15) is 0 Å². The van der Waals surface area contributed by atoms with Crippen LogP contribution >= 0.6 is 0 Å². The summed E-state index contributed by atoms with van der Waals surface area (Å²) in [6.07, 6.45) is 2.97. The normalized spacial score (nSPS) is 10.6. The van der Waals surface area contributed by atoms with Gasteiger partial charge < -0.3 is 14.2 Å². The molecule has 0 aliphatic carbocycles. The molecule has 3 rings (SSSR count). The second kappa shape index (κ2) is 10.0. The highest BCUT2D eigenvalue weighted by Crippen LogP contribution is 2.28. The van der Waals surface area contributed by atoms with Gasteiger partial charge in [0.2, 0.25) is 0 Å². The highest BCUT2D eigenvalue weighted by molar-refractivity contribution is 6.09. The van der Waals surface area contributed by atoms with E-state index in [1.54, 1.807) is 42.5 Å². The molecular weight excluding hydrogens is 414 g/mol. The van der Waals surface area contributed by atoms with Crippen molar-refractivity contribution in [2.24, 2.45) is 0 Å². The number of ketones is 1. The molecule has 0 saturated heterocycles. The van der Waals surface area contributed by atoms with Crippen LogP contribution in [0.2, 0.25) is 0 Å². The third-order valence-electron chi connectivity index (χ3n) is 4.50. The van der Waals surface area contributed by atoms with Gasteiger partial charge in [-0.05, 0) is 48.0 Å². The molecule has 0 saturated carbocycles. The lowest BCUT2D eigenvalue weighted by atomic mass is 10.1. The van der Waals surface area contributed by atoms with Crippen molar-refractivity contribution in [3.63, 3.8) is 0 Å². The van der Waals surface area contributed by atoms with Crippen molar-refractivity contribution >= 4 is 23.5 Å². The SMILES string of the molecule is COc1ccc(/C=C/C(=O)c2ccccc2OC(=O)c2ccc([N+](=O)[O-])cc2)cc1OC. The second-order valence-electron chi connectivity index (χ2n) is 6.50. The number of carbonyl (C=O) groups is 2. The van der Waals surface area contributed by atoms with Crippen LogP contribution in [0.3, 0.4) is 0 Å². The van der Waals surface area contributed by atoms with Gasteiger partial charge in [-0.25, -0.2) is 4.79 Å². The van der Waals surface area contributed by atoms with E-state index in [2.05, 4.69) is 0 Å². The molecule has 8 nitrogen and oxygen atoms in total. The predicted octanol–water partition coefficient (Wildman–Crippen LogP) is 4.73. The van der Waals surface area contributed by atoms with Crippen LogP contribution in [0.25, 0.3) is 6.08 Å². The zero-order valence-electron chi connectivity index (χ0n) is 17.3. The smallest absolute Gasteiger partial charge is 0.343 e. The molecule has 0 amide bonds. The fourth-order valence-electron chi connectivity index (χ4n) is 2.86. The first-order valence-corrected chi connectivity index (χ1v) is 9.43. The molecule has 0 heterocycles. The van der Waals surface area contributed by atoms with Gasteiger partial charge in [-0.1, -0.05) is 24.3 Å². The zero-order valence-corrected chi connectivity index (χ0v) is 17.3. The Morgan fingerprint density at radius 1 is 0.875 bits per heavy atom. The Kier molecular flexibility index (Phi) is 6.97. The number of nitro benzene ring substituents is 1. The Bertz CT molecular complexity index is 1180. The summed E-state index contributed by atoms with van der Waals surface area (Å²) in [7, 11) is 3.05. The van der Waals surface area contributed by atoms with Crippen LogP contribution in [-0.4, -0.2) is 30.9 Å². The van der Waals surface area contributed by atoms with Crippen molar-refractivity contribution < 1.29 is 28.7 Å². The summed E-state index contributed by atoms with van der Waals surface area (Å²) in [5.74, 6) is 0.0766. The Morgan fingerprint density at radius 2 is 1.56 bits per heavy atom. The number of rotatable bonds is 8. The molecule has 3 aromatic rings. The number of hydrogen-bond acceptors (Lipinski definition) is 7. The quantitative estimate of drug-likeness (QED) is 0.126. The van der Waals surface area contributed by atoms with E-state index in [0.717, 1.165) is 5.56 Å². The molecule has 0 aromatic heterocycles. The summed E-state index contributed by atoms with van der Waals surface area (Å²) < 4.78 is 15.8. The van der Waals surface area contributed by atoms with Crippen molar-refractivity contribution in [3.05, 3.63) is 99.6 Å². The Balaban J connectivity index is 1.78. The number of nitro groups is 1. The molecule has 0 aliphatic heterocycles. The number of benzene rings is 3.